The molecule has 0 spiro atoms. The van der Waals surface area contributed by atoms with Gasteiger partial charge in [-0.15, -0.1) is 5.10 Å². The molecule has 5 nitrogen and oxygen atoms in total. The number of fused-ring (bicyclic) bond motifs is 1. The molecule has 4 rings (SSSR count). The molecule has 4 aromatic rings. The molecule has 0 saturated carbocycles. The number of aromatic nitrogens is 4. The zero-order valence-corrected chi connectivity index (χ0v) is 15.7. The van der Waals surface area contributed by atoms with E-state index in [9.17, 15) is 9.18 Å². The second-order valence-corrected chi connectivity index (χ2v) is 7.40. The number of rotatable bonds is 4. The molecule has 0 aliphatic rings. The lowest BCUT2D eigenvalue weighted by Crippen LogP contribution is -2.21. The fraction of sp³-hybridized carbons (Fsp3) is 0.150. The molecule has 0 radical (unpaired) electrons. The first-order chi connectivity index (χ1) is 13.0. The van der Waals surface area contributed by atoms with Crippen molar-refractivity contribution in [1.82, 2.24) is 19.2 Å². The van der Waals surface area contributed by atoms with Crippen LogP contribution < -0.4 is 5.69 Å². The maximum atomic E-state index is 13.4. The number of hydrogen-bond donors (Lipinski definition) is 0. The fourth-order valence-electron chi connectivity index (χ4n) is 2.93. The highest BCUT2D eigenvalue weighted by atomic mass is 32.2. The summed E-state index contributed by atoms with van der Waals surface area (Å²) < 4.78 is 16.2. The first kappa shape index (κ1) is 17.5. The van der Waals surface area contributed by atoms with E-state index in [1.165, 1.54) is 38.5 Å². The Morgan fingerprint density at radius 1 is 1.15 bits per heavy atom. The Labute approximate surface area is 159 Å². The van der Waals surface area contributed by atoms with Crippen molar-refractivity contribution < 1.29 is 4.39 Å². The molecular formula is C20H17FN4OS. The van der Waals surface area contributed by atoms with Gasteiger partial charge in [0.1, 0.15) is 10.8 Å². The van der Waals surface area contributed by atoms with E-state index in [2.05, 4.69) is 16.1 Å². The molecule has 0 bridgehead atoms. The fourth-order valence-corrected chi connectivity index (χ4v) is 3.84. The van der Waals surface area contributed by atoms with Crippen LogP contribution in [0.25, 0.3) is 5.65 Å². The van der Waals surface area contributed by atoms with Crippen molar-refractivity contribution in [3.05, 3.63) is 87.9 Å². The van der Waals surface area contributed by atoms with Crippen molar-refractivity contribution in [2.45, 2.75) is 30.3 Å². The lowest BCUT2D eigenvalue weighted by atomic mass is 10.2. The van der Waals surface area contributed by atoms with Gasteiger partial charge in [0.05, 0.1) is 6.54 Å². The molecule has 2 aromatic carbocycles. The lowest BCUT2D eigenvalue weighted by molar-refractivity contribution is 0.615. The Morgan fingerprint density at radius 3 is 2.78 bits per heavy atom. The van der Waals surface area contributed by atoms with Crippen LogP contribution in [0.3, 0.4) is 0 Å². The third-order valence-corrected chi connectivity index (χ3v) is 5.39. The summed E-state index contributed by atoms with van der Waals surface area (Å²) in [7, 11) is 0. The van der Waals surface area contributed by atoms with Crippen molar-refractivity contribution in [1.29, 1.82) is 0 Å². The predicted octanol–water partition coefficient (Wildman–Crippen LogP) is 3.85. The summed E-state index contributed by atoms with van der Waals surface area (Å²) >= 11 is 1.48. The van der Waals surface area contributed by atoms with Gasteiger partial charge < -0.3 is 0 Å². The number of nitrogens with zero attached hydrogens (tertiary/aromatic N) is 4. The minimum Gasteiger partial charge on any atom is -0.246 e. The summed E-state index contributed by atoms with van der Waals surface area (Å²) in [6.07, 6.45) is 3.19. The van der Waals surface area contributed by atoms with Gasteiger partial charge in [-0.25, -0.2) is 23.3 Å². The SMILES string of the molecule is Cc1ccc(Sc2nccn3c(=O)n(Cc4cccc(F)c4)nc23)c(C)c1. The molecule has 0 aliphatic carbocycles. The van der Waals surface area contributed by atoms with Gasteiger partial charge in [0, 0.05) is 17.3 Å². The number of halogens is 1. The van der Waals surface area contributed by atoms with E-state index in [-0.39, 0.29) is 18.1 Å². The van der Waals surface area contributed by atoms with Gasteiger partial charge in [-0.1, -0.05) is 41.6 Å². The number of aryl methyl sites for hydroxylation is 2. The van der Waals surface area contributed by atoms with Crippen molar-refractivity contribution in [2.24, 2.45) is 0 Å². The molecule has 0 N–H and O–H groups in total. The third-order valence-electron chi connectivity index (χ3n) is 4.23. The zero-order valence-electron chi connectivity index (χ0n) is 14.9. The summed E-state index contributed by atoms with van der Waals surface area (Å²) in [6, 6.07) is 12.4. The smallest absolute Gasteiger partial charge is 0.246 e. The molecule has 0 amide bonds. The number of benzene rings is 2. The normalized spacial score (nSPS) is 11.2. The van der Waals surface area contributed by atoms with Crippen LogP contribution in [0.5, 0.6) is 0 Å². The topological polar surface area (TPSA) is 52.2 Å². The second kappa shape index (κ2) is 7.00. The average Bonchev–Trinajstić information content (AvgIpc) is 2.94. The molecule has 136 valence electrons. The van der Waals surface area contributed by atoms with E-state index >= 15 is 0 Å². The van der Waals surface area contributed by atoms with Gasteiger partial charge in [0.15, 0.2) is 5.65 Å². The molecular weight excluding hydrogens is 363 g/mol. The van der Waals surface area contributed by atoms with Crippen LogP contribution in [-0.4, -0.2) is 19.2 Å². The molecule has 7 heteroatoms. The van der Waals surface area contributed by atoms with Crippen LogP contribution in [0.15, 0.2) is 69.6 Å². The highest BCUT2D eigenvalue weighted by Crippen LogP contribution is 2.31. The summed E-state index contributed by atoms with van der Waals surface area (Å²) in [5, 5.41) is 5.09. The van der Waals surface area contributed by atoms with E-state index in [0.29, 0.717) is 16.2 Å². The van der Waals surface area contributed by atoms with E-state index in [1.54, 1.807) is 24.5 Å². The second-order valence-electron chi connectivity index (χ2n) is 6.37. The maximum absolute atomic E-state index is 13.4. The largest absolute Gasteiger partial charge is 0.350 e. The van der Waals surface area contributed by atoms with Gasteiger partial charge in [0.25, 0.3) is 0 Å². The molecule has 0 unspecified atom stereocenters. The first-order valence-corrected chi connectivity index (χ1v) is 9.26. The Morgan fingerprint density at radius 2 is 2.00 bits per heavy atom. The minimum atomic E-state index is -0.336. The van der Waals surface area contributed by atoms with E-state index in [0.717, 1.165) is 10.5 Å². The number of hydrogen-bond acceptors (Lipinski definition) is 4. The molecule has 0 aliphatic heterocycles. The Bertz CT molecular complexity index is 1200. The Kier molecular flexibility index (Phi) is 4.53. The van der Waals surface area contributed by atoms with Crippen molar-refractivity contribution in [3.8, 4) is 0 Å². The monoisotopic (exact) mass is 380 g/mol. The van der Waals surface area contributed by atoms with Gasteiger partial charge >= 0.3 is 5.69 Å². The highest BCUT2D eigenvalue weighted by molar-refractivity contribution is 7.99. The van der Waals surface area contributed by atoms with Gasteiger partial charge in [0.2, 0.25) is 0 Å². The first-order valence-electron chi connectivity index (χ1n) is 8.45. The lowest BCUT2D eigenvalue weighted by Gasteiger charge is -2.06. The zero-order chi connectivity index (χ0) is 19.0. The summed E-state index contributed by atoms with van der Waals surface area (Å²) in [6.45, 7) is 4.30. The van der Waals surface area contributed by atoms with Gasteiger partial charge in [-0.2, -0.15) is 0 Å². The maximum Gasteiger partial charge on any atom is 0.350 e. The van der Waals surface area contributed by atoms with Crippen LogP contribution in [0.4, 0.5) is 4.39 Å². The average molecular weight is 380 g/mol. The standard InChI is InChI=1S/C20H17FN4OS/c1-13-6-7-17(14(2)10-13)27-19-18-23-25(20(26)24(18)9-8-22-19)12-15-4-3-5-16(21)11-15/h3-11H,12H2,1-2H3. The molecule has 27 heavy (non-hydrogen) atoms. The van der Waals surface area contributed by atoms with Gasteiger partial charge in [-0.05, 0) is 43.2 Å². The van der Waals surface area contributed by atoms with E-state index in [4.69, 9.17) is 0 Å². The van der Waals surface area contributed by atoms with Crippen LogP contribution in [0, 0.1) is 19.7 Å². The Hall–Kier alpha value is -2.93. The Balaban J connectivity index is 1.74. The van der Waals surface area contributed by atoms with Crippen LogP contribution in [0.2, 0.25) is 0 Å². The quantitative estimate of drug-likeness (QED) is 0.540. The molecule has 2 heterocycles. The minimum absolute atomic E-state index is 0.200. The van der Waals surface area contributed by atoms with Crippen LogP contribution in [-0.2, 0) is 6.54 Å². The van der Waals surface area contributed by atoms with Crippen molar-refractivity contribution >= 4 is 17.4 Å². The van der Waals surface area contributed by atoms with Crippen molar-refractivity contribution in [3.63, 3.8) is 0 Å². The summed E-state index contributed by atoms with van der Waals surface area (Å²) in [4.78, 5) is 18.1. The predicted molar refractivity (Wildman–Crippen MR) is 103 cm³/mol. The molecule has 0 fully saturated rings. The van der Waals surface area contributed by atoms with E-state index < -0.39 is 0 Å². The summed E-state index contributed by atoms with van der Waals surface area (Å²) in [5.41, 5.74) is 3.23. The van der Waals surface area contributed by atoms with Crippen LogP contribution >= 0.6 is 11.8 Å². The summed E-state index contributed by atoms with van der Waals surface area (Å²) in [5.74, 6) is -0.336. The van der Waals surface area contributed by atoms with E-state index in [1.807, 2.05) is 26.0 Å². The molecule has 0 atom stereocenters. The van der Waals surface area contributed by atoms with Crippen LogP contribution in [0.1, 0.15) is 16.7 Å². The van der Waals surface area contributed by atoms with Crippen molar-refractivity contribution in [2.75, 3.05) is 0 Å². The molecule has 2 aromatic heterocycles. The third kappa shape index (κ3) is 3.50. The van der Waals surface area contributed by atoms with Gasteiger partial charge in [-0.3, -0.25) is 0 Å². The highest BCUT2D eigenvalue weighted by Gasteiger charge is 2.14. The molecule has 0 saturated heterocycles.